The van der Waals surface area contributed by atoms with Gasteiger partial charge in [-0.05, 0) is 30.7 Å². The quantitative estimate of drug-likeness (QED) is 0.696. The predicted molar refractivity (Wildman–Crippen MR) is 75.3 cm³/mol. The van der Waals surface area contributed by atoms with Crippen molar-refractivity contribution in [2.75, 3.05) is 0 Å². The number of halogens is 2. The number of para-hydroxylation sites is 1. The minimum Gasteiger partial charge on any atom is -0.455 e. The molecule has 0 N–H and O–H groups in total. The first kappa shape index (κ1) is 12.5. The SMILES string of the molecule is Cc1ccc(Oc2ccccc2CBr)c(Cl)c1. The third kappa shape index (κ3) is 3.02. The van der Waals surface area contributed by atoms with E-state index in [-0.39, 0.29) is 0 Å². The first-order chi connectivity index (χ1) is 8.20. The number of aryl methyl sites for hydroxylation is 1. The first-order valence-electron chi connectivity index (χ1n) is 5.28. The molecule has 0 aromatic heterocycles. The van der Waals surface area contributed by atoms with Gasteiger partial charge in [0.05, 0.1) is 5.02 Å². The lowest BCUT2D eigenvalue weighted by Crippen LogP contribution is -1.90. The van der Waals surface area contributed by atoms with Gasteiger partial charge >= 0.3 is 0 Å². The van der Waals surface area contributed by atoms with Gasteiger partial charge in [0.15, 0.2) is 0 Å². The molecule has 0 aliphatic carbocycles. The van der Waals surface area contributed by atoms with E-state index in [0.717, 1.165) is 22.2 Å². The third-order valence-corrected chi connectivity index (χ3v) is 3.32. The fourth-order valence-electron chi connectivity index (χ4n) is 1.52. The van der Waals surface area contributed by atoms with Crippen LogP contribution in [-0.4, -0.2) is 0 Å². The van der Waals surface area contributed by atoms with Gasteiger partial charge in [0, 0.05) is 10.9 Å². The van der Waals surface area contributed by atoms with Crippen molar-refractivity contribution in [3.63, 3.8) is 0 Å². The molecule has 0 radical (unpaired) electrons. The molecular weight excluding hydrogens is 300 g/mol. The summed E-state index contributed by atoms with van der Waals surface area (Å²) in [4.78, 5) is 0. The Bertz CT molecular complexity index is 525. The Balaban J connectivity index is 2.31. The second-order valence-electron chi connectivity index (χ2n) is 3.78. The van der Waals surface area contributed by atoms with Crippen LogP contribution in [0.25, 0.3) is 0 Å². The van der Waals surface area contributed by atoms with Gasteiger partial charge in [-0.1, -0.05) is 51.8 Å². The van der Waals surface area contributed by atoms with Crippen LogP contribution >= 0.6 is 27.5 Å². The van der Waals surface area contributed by atoms with Gasteiger partial charge in [-0.25, -0.2) is 0 Å². The molecule has 88 valence electrons. The van der Waals surface area contributed by atoms with E-state index in [2.05, 4.69) is 15.9 Å². The lowest BCUT2D eigenvalue weighted by molar-refractivity contribution is 0.479. The Kier molecular flexibility index (Phi) is 4.08. The summed E-state index contributed by atoms with van der Waals surface area (Å²) in [6.07, 6.45) is 0. The maximum absolute atomic E-state index is 6.14. The molecule has 0 atom stereocenters. The highest BCUT2D eigenvalue weighted by molar-refractivity contribution is 9.08. The van der Waals surface area contributed by atoms with Crippen LogP contribution in [0, 0.1) is 6.92 Å². The fraction of sp³-hybridized carbons (Fsp3) is 0.143. The number of ether oxygens (including phenoxy) is 1. The van der Waals surface area contributed by atoms with Crippen LogP contribution < -0.4 is 4.74 Å². The van der Waals surface area contributed by atoms with Gasteiger partial charge in [-0.2, -0.15) is 0 Å². The Morgan fingerprint density at radius 1 is 1.12 bits per heavy atom. The van der Waals surface area contributed by atoms with Crippen molar-refractivity contribution in [2.45, 2.75) is 12.3 Å². The zero-order valence-corrected chi connectivity index (χ0v) is 11.8. The molecule has 0 unspecified atom stereocenters. The van der Waals surface area contributed by atoms with Crippen LogP contribution in [0.1, 0.15) is 11.1 Å². The molecule has 2 aromatic carbocycles. The van der Waals surface area contributed by atoms with E-state index in [1.807, 2.05) is 49.4 Å². The van der Waals surface area contributed by atoms with Crippen LogP contribution in [-0.2, 0) is 5.33 Å². The summed E-state index contributed by atoms with van der Waals surface area (Å²) in [5, 5.41) is 1.39. The molecule has 0 saturated carbocycles. The monoisotopic (exact) mass is 310 g/mol. The highest BCUT2D eigenvalue weighted by Crippen LogP contribution is 2.32. The van der Waals surface area contributed by atoms with Crippen LogP contribution in [0.2, 0.25) is 5.02 Å². The van der Waals surface area contributed by atoms with Gasteiger partial charge in [-0.15, -0.1) is 0 Å². The molecule has 0 fully saturated rings. The molecule has 0 heterocycles. The van der Waals surface area contributed by atoms with E-state index in [4.69, 9.17) is 16.3 Å². The molecule has 2 aromatic rings. The topological polar surface area (TPSA) is 9.23 Å². The summed E-state index contributed by atoms with van der Waals surface area (Å²) in [6.45, 7) is 2.00. The van der Waals surface area contributed by atoms with E-state index in [0.29, 0.717) is 10.8 Å². The van der Waals surface area contributed by atoms with E-state index < -0.39 is 0 Å². The predicted octanol–water partition coefficient (Wildman–Crippen LogP) is 5.34. The zero-order valence-electron chi connectivity index (χ0n) is 9.41. The maximum Gasteiger partial charge on any atom is 0.146 e. The smallest absolute Gasteiger partial charge is 0.146 e. The number of alkyl halides is 1. The molecule has 0 aliphatic rings. The van der Waals surface area contributed by atoms with Crippen LogP contribution in [0.4, 0.5) is 0 Å². The van der Waals surface area contributed by atoms with Gasteiger partial charge in [0.2, 0.25) is 0 Å². The number of hydrogen-bond donors (Lipinski definition) is 0. The largest absolute Gasteiger partial charge is 0.455 e. The molecule has 0 spiro atoms. The number of rotatable bonds is 3. The van der Waals surface area contributed by atoms with E-state index in [1.165, 1.54) is 0 Å². The normalized spacial score (nSPS) is 10.3. The third-order valence-electron chi connectivity index (χ3n) is 2.42. The molecular formula is C14H12BrClO. The van der Waals surface area contributed by atoms with Crippen molar-refractivity contribution >= 4 is 27.5 Å². The zero-order chi connectivity index (χ0) is 12.3. The summed E-state index contributed by atoms with van der Waals surface area (Å²) in [7, 11) is 0. The second kappa shape index (κ2) is 5.56. The van der Waals surface area contributed by atoms with Crippen LogP contribution in [0.15, 0.2) is 42.5 Å². The molecule has 1 nitrogen and oxygen atoms in total. The second-order valence-corrected chi connectivity index (χ2v) is 4.75. The standard InChI is InChI=1S/C14H12BrClO/c1-10-6-7-14(12(16)8-10)17-13-5-3-2-4-11(13)9-15/h2-8H,9H2,1H3. The molecule has 3 heteroatoms. The van der Waals surface area contributed by atoms with Crippen molar-refractivity contribution in [1.29, 1.82) is 0 Å². The summed E-state index contributed by atoms with van der Waals surface area (Å²) < 4.78 is 5.82. The van der Waals surface area contributed by atoms with Crippen molar-refractivity contribution in [1.82, 2.24) is 0 Å². The molecule has 0 saturated heterocycles. The highest BCUT2D eigenvalue weighted by atomic mass is 79.9. The summed E-state index contributed by atoms with van der Waals surface area (Å²) >= 11 is 9.58. The van der Waals surface area contributed by atoms with Crippen LogP contribution in [0.5, 0.6) is 11.5 Å². The van der Waals surface area contributed by atoms with Crippen molar-refractivity contribution in [2.24, 2.45) is 0 Å². The average Bonchev–Trinajstić information content (AvgIpc) is 2.33. The molecule has 17 heavy (non-hydrogen) atoms. The lowest BCUT2D eigenvalue weighted by Gasteiger charge is -2.11. The van der Waals surface area contributed by atoms with Gasteiger partial charge in [0.1, 0.15) is 11.5 Å². The van der Waals surface area contributed by atoms with Crippen LogP contribution in [0.3, 0.4) is 0 Å². The average molecular weight is 312 g/mol. The van der Waals surface area contributed by atoms with E-state index >= 15 is 0 Å². The minimum atomic E-state index is 0.634. The maximum atomic E-state index is 6.14. The Morgan fingerprint density at radius 2 is 1.88 bits per heavy atom. The summed E-state index contributed by atoms with van der Waals surface area (Å²) in [5.41, 5.74) is 2.22. The Morgan fingerprint density at radius 3 is 2.59 bits per heavy atom. The summed E-state index contributed by atoms with van der Waals surface area (Å²) in [6, 6.07) is 13.7. The Labute approximate surface area is 115 Å². The Hall–Kier alpha value is -0.990. The van der Waals surface area contributed by atoms with Gasteiger partial charge < -0.3 is 4.74 Å². The van der Waals surface area contributed by atoms with E-state index in [1.54, 1.807) is 0 Å². The number of benzene rings is 2. The van der Waals surface area contributed by atoms with E-state index in [9.17, 15) is 0 Å². The van der Waals surface area contributed by atoms with Crippen molar-refractivity contribution < 1.29 is 4.74 Å². The van der Waals surface area contributed by atoms with Crippen molar-refractivity contribution in [3.8, 4) is 11.5 Å². The molecule has 0 aliphatic heterocycles. The summed E-state index contributed by atoms with van der Waals surface area (Å²) in [5.74, 6) is 1.51. The molecule has 2 rings (SSSR count). The highest BCUT2D eigenvalue weighted by Gasteiger charge is 2.06. The first-order valence-corrected chi connectivity index (χ1v) is 6.78. The number of hydrogen-bond acceptors (Lipinski definition) is 1. The van der Waals surface area contributed by atoms with Gasteiger partial charge in [-0.3, -0.25) is 0 Å². The van der Waals surface area contributed by atoms with Crippen molar-refractivity contribution in [3.05, 3.63) is 58.6 Å². The van der Waals surface area contributed by atoms with Gasteiger partial charge in [0.25, 0.3) is 0 Å². The lowest BCUT2D eigenvalue weighted by atomic mass is 10.2. The molecule has 0 amide bonds. The fourth-order valence-corrected chi connectivity index (χ4v) is 2.26. The molecule has 0 bridgehead atoms. The minimum absolute atomic E-state index is 0.634.